The van der Waals surface area contributed by atoms with E-state index >= 15 is 0 Å². The fourth-order valence-electron chi connectivity index (χ4n) is 3.12. The van der Waals surface area contributed by atoms with Crippen molar-refractivity contribution < 1.29 is 14.1 Å². The van der Waals surface area contributed by atoms with E-state index in [0.717, 1.165) is 5.69 Å². The Balaban J connectivity index is 1.56. The van der Waals surface area contributed by atoms with E-state index in [1.54, 1.807) is 25.1 Å². The molecule has 2 atom stereocenters. The first kappa shape index (κ1) is 19.0. The lowest BCUT2D eigenvalue weighted by Gasteiger charge is -2.30. The number of carbonyl (C=O) groups is 2. The van der Waals surface area contributed by atoms with Gasteiger partial charge in [-0.1, -0.05) is 5.16 Å². The van der Waals surface area contributed by atoms with Gasteiger partial charge in [-0.25, -0.2) is 0 Å². The van der Waals surface area contributed by atoms with E-state index in [2.05, 4.69) is 25.8 Å². The van der Waals surface area contributed by atoms with Crippen molar-refractivity contribution in [3.63, 3.8) is 0 Å². The summed E-state index contributed by atoms with van der Waals surface area (Å²) in [6.45, 7) is 4.96. The standard InChI is InChI=1S/C18H24N6O3/c1-11-4-5-15(9-20-11)22-17(25)13-6-14(8-19-7-13)18(26)24(3)10-16-21-12(2)27-23-16/h4-5,9,13-14,19H,6-8,10H2,1-3H3,(H,22,25)/t13-,14+/m0/s1. The molecule has 0 aromatic carbocycles. The summed E-state index contributed by atoms with van der Waals surface area (Å²) in [6, 6.07) is 3.66. The van der Waals surface area contributed by atoms with Crippen LogP contribution >= 0.6 is 0 Å². The van der Waals surface area contributed by atoms with Gasteiger partial charge in [0.15, 0.2) is 5.82 Å². The predicted octanol–water partition coefficient (Wildman–Crippen LogP) is 0.904. The van der Waals surface area contributed by atoms with Gasteiger partial charge in [0.05, 0.1) is 30.3 Å². The number of nitrogens with zero attached hydrogens (tertiary/aromatic N) is 4. The van der Waals surface area contributed by atoms with Crippen molar-refractivity contribution in [2.45, 2.75) is 26.8 Å². The van der Waals surface area contributed by atoms with Gasteiger partial charge in [0, 0.05) is 32.8 Å². The SMILES string of the molecule is Cc1ccc(NC(=O)[C@@H]2CNC[C@H](C(=O)N(C)Cc3noc(C)n3)C2)cn1. The fraction of sp³-hybridized carbons (Fsp3) is 0.500. The van der Waals surface area contributed by atoms with Crippen molar-refractivity contribution >= 4 is 17.5 Å². The monoisotopic (exact) mass is 372 g/mol. The third-order valence-corrected chi connectivity index (χ3v) is 4.57. The van der Waals surface area contributed by atoms with Crippen LogP contribution in [0.1, 0.15) is 23.8 Å². The van der Waals surface area contributed by atoms with Crippen molar-refractivity contribution in [3.8, 4) is 0 Å². The normalized spacial score (nSPS) is 19.5. The quantitative estimate of drug-likeness (QED) is 0.802. The number of anilines is 1. The van der Waals surface area contributed by atoms with E-state index < -0.39 is 0 Å². The summed E-state index contributed by atoms with van der Waals surface area (Å²) in [5.74, 6) is 0.223. The predicted molar refractivity (Wildman–Crippen MR) is 97.6 cm³/mol. The van der Waals surface area contributed by atoms with Gasteiger partial charge in [0.25, 0.3) is 0 Å². The number of pyridine rings is 1. The molecule has 144 valence electrons. The number of amides is 2. The molecule has 1 aliphatic heterocycles. The van der Waals surface area contributed by atoms with Crippen molar-refractivity contribution in [1.82, 2.24) is 25.3 Å². The van der Waals surface area contributed by atoms with Gasteiger partial charge in [-0.3, -0.25) is 14.6 Å². The molecule has 1 aliphatic rings. The zero-order valence-corrected chi connectivity index (χ0v) is 15.7. The highest BCUT2D eigenvalue weighted by atomic mass is 16.5. The van der Waals surface area contributed by atoms with Crippen LogP contribution in [0.2, 0.25) is 0 Å². The minimum Gasteiger partial charge on any atom is -0.340 e. The van der Waals surface area contributed by atoms with Gasteiger partial charge in [-0.05, 0) is 25.5 Å². The topological polar surface area (TPSA) is 113 Å². The van der Waals surface area contributed by atoms with E-state index in [1.165, 1.54) is 0 Å². The van der Waals surface area contributed by atoms with Crippen LogP contribution in [-0.2, 0) is 16.1 Å². The van der Waals surface area contributed by atoms with Crippen LogP contribution in [0, 0.1) is 25.7 Å². The molecule has 2 aromatic heterocycles. The second-order valence-corrected chi connectivity index (χ2v) is 6.89. The zero-order chi connectivity index (χ0) is 19.4. The molecule has 0 radical (unpaired) electrons. The van der Waals surface area contributed by atoms with Crippen LogP contribution in [0.15, 0.2) is 22.9 Å². The maximum atomic E-state index is 12.7. The number of piperidine rings is 1. The highest BCUT2D eigenvalue weighted by Gasteiger charge is 2.32. The number of aromatic nitrogens is 3. The molecule has 3 rings (SSSR count). The molecule has 0 bridgehead atoms. The molecule has 1 saturated heterocycles. The fourth-order valence-corrected chi connectivity index (χ4v) is 3.12. The van der Waals surface area contributed by atoms with Gasteiger partial charge in [-0.2, -0.15) is 4.98 Å². The van der Waals surface area contributed by atoms with Crippen LogP contribution in [0.5, 0.6) is 0 Å². The maximum absolute atomic E-state index is 12.7. The lowest BCUT2D eigenvalue weighted by molar-refractivity contribution is -0.136. The van der Waals surface area contributed by atoms with Crippen LogP contribution in [-0.4, -0.2) is 52.0 Å². The van der Waals surface area contributed by atoms with Gasteiger partial charge in [0.1, 0.15) is 0 Å². The second kappa shape index (κ2) is 8.26. The first-order valence-corrected chi connectivity index (χ1v) is 8.90. The molecule has 0 unspecified atom stereocenters. The summed E-state index contributed by atoms with van der Waals surface area (Å²) in [4.78, 5) is 35.1. The van der Waals surface area contributed by atoms with E-state index in [9.17, 15) is 9.59 Å². The molecule has 0 aliphatic carbocycles. The number of aryl methyl sites for hydroxylation is 2. The zero-order valence-electron chi connectivity index (χ0n) is 15.7. The van der Waals surface area contributed by atoms with E-state index in [-0.39, 0.29) is 30.2 Å². The summed E-state index contributed by atoms with van der Waals surface area (Å²) in [6.07, 6.45) is 2.12. The molecule has 2 aromatic rings. The largest absolute Gasteiger partial charge is 0.340 e. The van der Waals surface area contributed by atoms with Gasteiger partial charge in [0.2, 0.25) is 17.7 Å². The van der Waals surface area contributed by atoms with E-state index in [4.69, 9.17) is 4.52 Å². The third kappa shape index (κ3) is 4.88. The summed E-state index contributed by atoms with van der Waals surface area (Å²) in [5.41, 5.74) is 1.54. The van der Waals surface area contributed by atoms with E-state index in [1.807, 2.05) is 19.1 Å². The summed E-state index contributed by atoms with van der Waals surface area (Å²) in [7, 11) is 1.70. The molecule has 9 nitrogen and oxygen atoms in total. The van der Waals surface area contributed by atoms with Gasteiger partial charge in [-0.15, -0.1) is 0 Å². The molecule has 1 fully saturated rings. The molecule has 0 spiro atoms. The Labute approximate surface area is 157 Å². The molecule has 27 heavy (non-hydrogen) atoms. The van der Waals surface area contributed by atoms with Crippen molar-refractivity contribution in [3.05, 3.63) is 35.7 Å². The first-order chi connectivity index (χ1) is 12.9. The molecular formula is C18H24N6O3. The Hall–Kier alpha value is -2.81. The molecule has 3 heterocycles. The Morgan fingerprint density at radius 2 is 2.07 bits per heavy atom. The average molecular weight is 372 g/mol. The Kier molecular flexibility index (Phi) is 5.80. The van der Waals surface area contributed by atoms with Gasteiger partial charge >= 0.3 is 0 Å². The van der Waals surface area contributed by atoms with Crippen molar-refractivity contribution in [2.24, 2.45) is 11.8 Å². The number of nitrogens with one attached hydrogen (secondary N) is 2. The van der Waals surface area contributed by atoms with Crippen LogP contribution < -0.4 is 10.6 Å². The summed E-state index contributed by atoms with van der Waals surface area (Å²) >= 11 is 0. The highest BCUT2D eigenvalue weighted by Crippen LogP contribution is 2.21. The first-order valence-electron chi connectivity index (χ1n) is 8.90. The Morgan fingerprint density at radius 3 is 2.74 bits per heavy atom. The average Bonchev–Trinajstić information content (AvgIpc) is 3.07. The highest BCUT2D eigenvalue weighted by molar-refractivity contribution is 5.93. The summed E-state index contributed by atoms with van der Waals surface area (Å²) in [5, 5.41) is 9.88. The molecule has 9 heteroatoms. The van der Waals surface area contributed by atoms with Crippen LogP contribution in [0.25, 0.3) is 0 Å². The van der Waals surface area contributed by atoms with Crippen LogP contribution in [0.4, 0.5) is 5.69 Å². The number of rotatable bonds is 5. The van der Waals surface area contributed by atoms with Crippen LogP contribution in [0.3, 0.4) is 0 Å². The maximum Gasteiger partial charge on any atom is 0.228 e. The number of hydrogen-bond acceptors (Lipinski definition) is 7. The molecule has 2 amide bonds. The lowest BCUT2D eigenvalue weighted by atomic mass is 9.89. The second-order valence-electron chi connectivity index (χ2n) is 6.89. The van der Waals surface area contributed by atoms with Crippen molar-refractivity contribution in [1.29, 1.82) is 0 Å². The number of hydrogen-bond donors (Lipinski definition) is 2. The minimum atomic E-state index is -0.283. The number of carbonyl (C=O) groups excluding carboxylic acids is 2. The smallest absolute Gasteiger partial charge is 0.228 e. The molecule has 0 saturated carbocycles. The lowest BCUT2D eigenvalue weighted by Crippen LogP contribution is -2.47. The Bertz CT molecular complexity index is 804. The Morgan fingerprint density at radius 1 is 1.30 bits per heavy atom. The summed E-state index contributed by atoms with van der Waals surface area (Å²) < 4.78 is 4.93. The molecule has 2 N–H and O–H groups in total. The van der Waals surface area contributed by atoms with Crippen molar-refractivity contribution in [2.75, 3.05) is 25.5 Å². The minimum absolute atomic E-state index is 0.0422. The van der Waals surface area contributed by atoms with E-state index in [0.29, 0.717) is 36.9 Å². The van der Waals surface area contributed by atoms with Gasteiger partial charge < -0.3 is 20.1 Å². The third-order valence-electron chi connectivity index (χ3n) is 4.57. The molecular weight excluding hydrogens is 348 g/mol.